The Morgan fingerprint density at radius 3 is 2.78 bits per heavy atom. The second kappa shape index (κ2) is 7.18. The number of halogens is 1. The van der Waals surface area contributed by atoms with Crippen LogP contribution < -0.4 is 10.6 Å². The molecule has 0 saturated carbocycles. The molecule has 0 spiro atoms. The lowest BCUT2D eigenvalue weighted by molar-refractivity contribution is -0.121. The molecule has 0 aliphatic heterocycles. The molecule has 0 aromatic carbocycles. The van der Waals surface area contributed by atoms with Gasteiger partial charge in [0.15, 0.2) is 0 Å². The highest BCUT2D eigenvalue weighted by atomic mass is 35.5. The van der Waals surface area contributed by atoms with Crippen LogP contribution in [0.25, 0.3) is 0 Å². The predicted molar refractivity (Wildman–Crippen MR) is 71.7 cm³/mol. The average Bonchev–Trinajstić information content (AvgIpc) is 2.38. The Bertz CT molecular complexity index is 412. The van der Waals surface area contributed by atoms with Gasteiger partial charge in [0.25, 0.3) is 0 Å². The van der Waals surface area contributed by atoms with Crippen molar-refractivity contribution >= 4 is 23.3 Å². The number of hydrogen-bond donors (Lipinski definition) is 3. The van der Waals surface area contributed by atoms with E-state index in [1.165, 1.54) is 0 Å². The Balaban J connectivity index is 2.96. The van der Waals surface area contributed by atoms with E-state index in [2.05, 4.69) is 15.6 Å². The third kappa shape index (κ3) is 3.85. The van der Waals surface area contributed by atoms with Crippen LogP contribution >= 0.6 is 11.6 Å². The second-order valence-corrected chi connectivity index (χ2v) is 4.16. The van der Waals surface area contributed by atoms with Gasteiger partial charge in [0.1, 0.15) is 5.82 Å². The van der Waals surface area contributed by atoms with E-state index in [1.807, 2.05) is 6.92 Å². The molecule has 3 N–H and O–H groups in total. The molecule has 0 unspecified atom stereocenters. The van der Waals surface area contributed by atoms with E-state index >= 15 is 0 Å². The van der Waals surface area contributed by atoms with Gasteiger partial charge < -0.3 is 15.7 Å². The fourth-order valence-electron chi connectivity index (χ4n) is 1.48. The number of nitrogens with one attached hydrogen (secondary N) is 2. The zero-order valence-electron chi connectivity index (χ0n) is 10.5. The topological polar surface area (TPSA) is 74.2 Å². The predicted octanol–water partition coefficient (Wildman–Crippen LogP) is 1.73. The molecule has 1 aromatic heterocycles. The highest BCUT2D eigenvalue weighted by Gasteiger charge is 2.17. The maximum absolute atomic E-state index is 11.4. The number of nitrogens with zero attached hydrogens (tertiary/aromatic N) is 1. The van der Waals surface area contributed by atoms with Crippen LogP contribution in [0.5, 0.6) is 0 Å². The van der Waals surface area contributed by atoms with Crippen molar-refractivity contribution in [2.24, 2.45) is 0 Å². The van der Waals surface area contributed by atoms with E-state index < -0.39 is 6.04 Å². The minimum atomic E-state index is -0.580. The molecule has 0 aliphatic carbocycles. The summed E-state index contributed by atoms with van der Waals surface area (Å²) in [6.45, 7) is 4.19. The van der Waals surface area contributed by atoms with Crippen molar-refractivity contribution in [1.82, 2.24) is 10.3 Å². The van der Waals surface area contributed by atoms with Gasteiger partial charge >= 0.3 is 0 Å². The van der Waals surface area contributed by atoms with Crippen LogP contribution in [0.4, 0.5) is 5.82 Å². The SMILES string of the molecule is CCNc1ccc(Cl)c([C@@H](CO)NC(=O)CC)n1. The van der Waals surface area contributed by atoms with E-state index in [-0.39, 0.29) is 12.5 Å². The summed E-state index contributed by atoms with van der Waals surface area (Å²) in [5.41, 5.74) is 0.472. The van der Waals surface area contributed by atoms with Gasteiger partial charge in [0.2, 0.25) is 5.91 Å². The summed E-state index contributed by atoms with van der Waals surface area (Å²) >= 11 is 6.04. The first-order valence-corrected chi connectivity index (χ1v) is 6.30. The molecule has 1 amide bonds. The van der Waals surface area contributed by atoms with Gasteiger partial charge in [-0.2, -0.15) is 0 Å². The number of carbonyl (C=O) groups is 1. The summed E-state index contributed by atoms with van der Waals surface area (Å²) < 4.78 is 0. The molecular formula is C12H18ClN3O2. The monoisotopic (exact) mass is 271 g/mol. The Labute approximate surface area is 112 Å². The van der Waals surface area contributed by atoms with Gasteiger partial charge in [-0.15, -0.1) is 0 Å². The molecule has 0 bridgehead atoms. The maximum Gasteiger partial charge on any atom is 0.220 e. The molecule has 18 heavy (non-hydrogen) atoms. The van der Waals surface area contributed by atoms with Crippen molar-refractivity contribution < 1.29 is 9.90 Å². The third-order valence-corrected chi connectivity index (χ3v) is 2.72. The zero-order chi connectivity index (χ0) is 13.5. The first-order chi connectivity index (χ1) is 8.62. The number of aromatic nitrogens is 1. The van der Waals surface area contributed by atoms with Gasteiger partial charge in [0.05, 0.1) is 23.4 Å². The lowest BCUT2D eigenvalue weighted by Crippen LogP contribution is -2.31. The van der Waals surface area contributed by atoms with Gasteiger partial charge in [0, 0.05) is 13.0 Å². The van der Waals surface area contributed by atoms with Gasteiger partial charge in [-0.3, -0.25) is 4.79 Å². The van der Waals surface area contributed by atoms with E-state index in [9.17, 15) is 9.90 Å². The van der Waals surface area contributed by atoms with E-state index in [1.54, 1.807) is 19.1 Å². The van der Waals surface area contributed by atoms with Crippen LogP contribution in [-0.2, 0) is 4.79 Å². The van der Waals surface area contributed by atoms with Crippen molar-refractivity contribution in [1.29, 1.82) is 0 Å². The Morgan fingerprint density at radius 1 is 1.50 bits per heavy atom. The highest BCUT2D eigenvalue weighted by molar-refractivity contribution is 6.31. The fourth-order valence-corrected chi connectivity index (χ4v) is 1.72. The second-order valence-electron chi connectivity index (χ2n) is 3.75. The zero-order valence-corrected chi connectivity index (χ0v) is 11.3. The van der Waals surface area contributed by atoms with Crippen LogP contribution in [0.2, 0.25) is 5.02 Å². The van der Waals surface area contributed by atoms with Crippen LogP contribution in [0.3, 0.4) is 0 Å². The summed E-state index contributed by atoms with van der Waals surface area (Å²) in [6, 6.07) is 2.87. The van der Waals surface area contributed by atoms with Gasteiger partial charge in [-0.25, -0.2) is 4.98 Å². The number of anilines is 1. The maximum atomic E-state index is 11.4. The number of carbonyl (C=O) groups excluding carboxylic acids is 1. The van der Waals surface area contributed by atoms with Gasteiger partial charge in [-0.05, 0) is 19.1 Å². The summed E-state index contributed by atoms with van der Waals surface area (Å²) in [6.07, 6.45) is 0.348. The van der Waals surface area contributed by atoms with Crippen LogP contribution in [-0.4, -0.2) is 29.1 Å². The summed E-state index contributed by atoms with van der Waals surface area (Å²) in [5, 5.41) is 15.5. The van der Waals surface area contributed by atoms with Gasteiger partial charge in [-0.1, -0.05) is 18.5 Å². The van der Waals surface area contributed by atoms with Crippen molar-refractivity contribution in [3.63, 3.8) is 0 Å². The molecule has 1 aromatic rings. The van der Waals surface area contributed by atoms with Crippen molar-refractivity contribution in [3.8, 4) is 0 Å². The normalized spacial score (nSPS) is 12.0. The molecule has 0 aliphatic rings. The lowest BCUT2D eigenvalue weighted by Gasteiger charge is -2.17. The van der Waals surface area contributed by atoms with Crippen LogP contribution in [0.15, 0.2) is 12.1 Å². The highest BCUT2D eigenvalue weighted by Crippen LogP contribution is 2.22. The third-order valence-electron chi connectivity index (χ3n) is 2.40. The summed E-state index contributed by atoms with van der Waals surface area (Å²) in [5.74, 6) is 0.516. The number of aliphatic hydroxyl groups excluding tert-OH is 1. The Morgan fingerprint density at radius 2 is 2.22 bits per heavy atom. The van der Waals surface area contributed by atoms with E-state index in [0.29, 0.717) is 23.0 Å². The molecule has 1 heterocycles. The number of pyridine rings is 1. The Kier molecular flexibility index (Phi) is 5.88. The van der Waals surface area contributed by atoms with Crippen molar-refractivity contribution in [2.45, 2.75) is 26.3 Å². The molecule has 1 rings (SSSR count). The first kappa shape index (κ1) is 14.7. The minimum Gasteiger partial charge on any atom is -0.394 e. The largest absolute Gasteiger partial charge is 0.394 e. The standard InChI is InChI=1S/C12H18ClN3O2/c1-3-11(18)15-9(7-17)12-8(13)5-6-10(16-12)14-4-2/h5-6,9,17H,3-4,7H2,1-2H3,(H,14,16)(H,15,18)/t9-/m1/s1. The van der Waals surface area contributed by atoms with Crippen LogP contribution in [0.1, 0.15) is 32.0 Å². The summed E-state index contributed by atoms with van der Waals surface area (Å²) in [4.78, 5) is 15.7. The lowest BCUT2D eigenvalue weighted by atomic mass is 10.2. The Hall–Kier alpha value is -1.33. The quantitative estimate of drug-likeness (QED) is 0.737. The molecule has 6 heteroatoms. The summed E-state index contributed by atoms with van der Waals surface area (Å²) in [7, 11) is 0. The van der Waals surface area contributed by atoms with Crippen molar-refractivity contribution in [3.05, 3.63) is 22.8 Å². The molecular weight excluding hydrogens is 254 g/mol. The molecule has 100 valence electrons. The molecule has 1 atom stereocenters. The number of hydrogen-bond acceptors (Lipinski definition) is 4. The van der Waals surface area contributed by atoms with E-state index in [0.717, 1.165) is 6.54 Å². The van der Waals surface area contributed by atoms with Crippen molar-refractivity contribution in [2.75, 3.05) is 18.5 Å². The smallest absolute Gasteiger partial charge is 0.220 e. The molecule has 0 fully saturated rings. The van der Waals surface area contributed by atoms with Crippen LogP contribution in [0, 0.1) is 0 Å². The molecule has 5 nitrogen and oxygen atoms in total. The molecule has 0 radical (unpaired) electrons. The fraction of sp³-hybridized carbons (Fsp3) is 0.500. The van der Waals surface area contributed by atoms with E-state index in [4.69, 9.17) is 11.6 Å². The first-order valence-electron chi connectivity index (χ1n) is 5.92. The molecule has 0 saturated heterocycles. The minimum absolute atomic E-state index is 0.152. The number of rotatable bonds is 6. The number of aliphatic hydroxyl groups is 1. The average molecular weight is 272 g/mol. The number of amides is 1.